The van der Waals surface area contributed by atoms with Gasteiger partial charge in [-0.1, -0.05) is 24.6 Å². The number of allylic oxidation sites excluding steroid dienone is 3. The minimum atomic E-state index is -0.204. The van der Waals surface area contributed by atoms with Crippen LogP contribution in [0.4, 0.5) is 0 Å². The molecule has 2 nitrogen and oxygen atoms in total. The van der Waals surface area contributed by atoms with E-state index in [9.17, 15) is 4.79 Å². The van der Waals surface area contributed by atoms with Crippen molar-refractivity contribution in [3.8, 4) is 0 Å². The van der Waals surface area contributed by atoms with Gasteiger partial charge in [0.05, 0.1) is 10.2 Å². The third kappa shape index (κ3) is 9.39. The van der Waals surface area contributed by atoms with Crippen molar-refractivity contribution in [1.82, 2.24) is 0 Å². The van der Waals surface area contributed by atoms with Crippen LogP contribution >= 0.6 is 22.6 Å². The fraction of sp³-hybridized carbons (Fsp3) is 0.643. The highest BCUT2D eigenvalue weighted by Gasteiger charge is 2.07. The summed E-state index contributed by atoms with van der Waals surface area (Å²) in [6.07, 6.45) is 7.46. The number of halogens is 1. The second-order valence-corrected chi connectivity index (χ2v) is 5.63. The number of hydrogen-bond acceptors (Lipinski definition) is 2. The third-order valence-electron chi connectivity index (χ3n) is 2.38. The predicted octanol–water partition coefficient (Wildman–Crippen LogP) is 4.64. The summed E-state index contributed by atoms with van der Waals surface area (Å²) in [5.41, 5.74) is 1.37. The average Bonchev–Trinajstić information content (AvgIpc) is 2.25. The van der Waals surface area contributed by atoms with E-state index < -0.39 is 0 Å². The SMILES string of the molecule is CCOC(=O)/C(I)=C/CC(C)CCC=C(C)C. The van der Waals surface area contributed by atoms with E-state index in [0.29, 0.717) is 16.1 Å². The van der Waals surface area contributed by atoms with Crippen LogP contribution in [0, 0.1) is 5.92 Å². The second kappa shape index (κ2) is 9.68. The first kappa shape index (κ1) is 16.7. The van der Waals surface area contributed by atoms with Gasteiger partial charge in [0, 0.05) is 0 Å². The Morgan fingerprint density at radius 2 is 2.00 bits per heavy atom. The molecule has 0 aromatic rings. The van der Waals surface area contributed by atoms with Crippen LogP contribution in [-0.4, -0.2) is 12.6 Å². The van der Waals surface area contributed by atoms with Gasteiger partial charge in [0.25, 0.3) is 0 Å². The number of carbonyl (C=O) groups excluding carboxylic acids is 1. The first-order valence-corrected chi connectivity index (χ1v) is 7.21. The molecule has 17 heavy (non-hydrogen) atoms. The Morgan fingerprint density at radius 1 is 1.35 bits per heavy atom. The molecule has 3 heteroatoms. The van der Waals surface area contributed by atoms with Crippen molar-refractivity contribution in [3.63, 3.8) is 0 Å². The zero-order valence-electron chi connectivity index (χ0n) is 11.3. The summed E-state index contributed by atoms with van der Waals surface area (Å²) in [7, 11) is 0. The predicted molar refractivity (Wildman–Crippen MR) is 81.2 cm³/mol. The van der Waals surface area contributed by atoms with Crippen LogP contribution < -0.4 is 0 Å². The number of rotatable bonds is 7. The lowest BCUT2D eigenvalue weighted by atomic mass is 10.0. The number of esters is 1. The molecule has 0 aliphatic rings. The molecule has 0 heterocycles. The van der Waals surface area contributed by atoms with E-state index in [2.05, 4.69) is 26.8 Å². The second-order valence-electron chi connectivity index (χ2n) is 4.47. The maximum Gasteiger partial charge on any atom is 0.344 e. The quantitative estimate of drug-likeness (QED) is 0.289. The number of ether oxygens (including phenoxy) is 1. The van der Waals surface area contributed by atoms with Crippen LogP contribution in [0.1, 0.15) is 47.0 Å². The van der Waals surface area contributed by atoms with Crippen LogP contribution in [-0.2, 0) is 9.53 Å². The van der Waals surface area contributed by atoms with Crippen molar-refractivity contribution < 1.29 is 9.53 Å². The summed E-state index contributed by atoms with van der Waals surface area (Å²) in [6, 6.07) is 0. The lowest BCUT2D eigenvalue weighted by Gasteiger charge is -2.07. The van der Waals surface area contributed by atoms with Crippen LogP contribution in [0.25, 0.3) is 0 Å². The Bertz CT molecular complexity index is 289. The molecule has 0 saturated heterocycles. The largest absolute Gasteiger partial charge is 0.462 e. The molecule has 0 aliphatic carbocycles. The lowest BCUT2D eigenvalue weighted by Crippen LogP contribution is -2.03. The van der Waals surface area contributed by atoms with Crippen molar-refractivity contribution in [2.24, 2.45) is 5.92 Å². The monoisotopic (exact) mass is 350 g/mol. The summed E-state index contributed by atoms with van der Waals surface area (Å²) < 4.78 is 5.62. The highest BCUT2D eigenvalue weighted by molar-refractivity contribution is 14.1. The van der Waals surface area contributed by atoms with Crippen LogP contribution in [0.3, 0.4) is 0 Å². The Labute approximate surface area is 119 Å². The minimum absolute atomic E-state index is 0.204. The van der Waals surface area contributed by atoms with E-state index in [1.54, 1.807) is 0 Å². The van der Waals surface area contributed by atoms with Gasteiger partial charge in [-0.15, -0.1) is 0 Å². The molecule has 0 spiro atoms. The Kier molecular flexibility index (Phi) is 9.50. The molecule has 98 valence electrons. The highest BCUT2D eigenvalue weighted by atomic mass is 127. The van der Waals surface area contributed by atoms with Crippen molar-refractivity contribution in [1.29, 1.82) is 0 Å². The Hall–Kier alpha value is -0.320. The van der Waals surface area contributed by atoms with E-state index in [4.69, 9.17) is 4.74 Å². The van der Waals surface area contributed by atoms with Crippen LogP contribution in [0.15, 0.2) is 21.3 Å². The molecule has 0 bridgehead atoms. The zero-order chi connectivity index (χ0) is 13.3. The van der Waals surface area contributed by atoms with Gasteiger partial charge in [-0.25, -0.2) is 4.79 Å². The molecule has 1 atom stereocenters. The zero-order valence-corrected chi connectivity index (χ0v) is 13.4. The third-order valence-corrected chi connectivity index (χ3v) is 3.26. The van der Waals surface area contributed by atoms with Gasteiger partial charge in [-0.05, 0) is 68.5 Å². The molecule has 0 radical (unpaired) electrons. The molecule has 0 amide bonds. The molecular weight excluding hydrogens is 327 g/mol. The summed E-state index contributed by atoms with van der Waals surface area (Å²) in [5.74, 6) is 0.398. The van der Waals surface area contributed by atoms with E-state index >= 15 is 0 Å². The lowest BCUT2D eigenvalue weighted by molar-refractivity contribution is -0.137. The summed E-state index contributed by atoms with van der Waals surface area (Å²) in [6.45, 7) is 8.71. The Morgan fingerprint density at radius 3 is 2.53 bits per heavy atom. The van der Waals surface area contributed by atoms with Gasteiger partial charge in [0.1, 0.15) is 0 Å². The maximum absolute atomic E-state index is 11.4. The van der Waals surface area contributed by atoms with Crippen molar-refractivity contribution >= 4 is 28.6 Å². The number of carbonyl (C=O) groups is 1. The van der Waals surface area contributed by atoms with Crippen LogP contribution in [0.2, 0.25) is 0 Å². The normalized spacial score (nSPS) is 13.1. The van der Waals surface area contributed by atoms with E-state index in [-0.39, 0.29) is 5.97 Å². The standard InChI is InChI=1S/C14H23IO2/c1-5-17-14(16)13(15)10-9-12(4)8-6-7-11(2)3/h7,10,12H,5-6,8-9H2,1-4H3/b13-10-. The minimum Gasteiger partial charge on any atom is -0.462 e. The molecule has 0 aliphatic heterocycles. The van der Waals surface area contributed by atoms with Gasteiger partial charge in [-0.2, -0.15) is 0 Å². The molecule has 1 unspecified atom stereocenters. The average molecular weight is 350 g/mol. The fourth-order valence-corrected chi connectivity index (χ4v) is 1.77. The first-order valence-electron chi connectivity index (χ1n) is 6.13. The highest BCUT2D eigenvalue weighted by Crippen LogP contribution is 2.16. The fourth-order valence-electron chi connectivity index (χ4n) is 1.36. The summed E-state index contributed by atoms with van der Waals surface area (Å²) in [4.78, 5) is 11.4. The van der Waals surface area contributed by atoms with Crippen molar-refractivity contribution in [2.45, 2.75) is 47.0 Å². The number of hydrogen-bond donors (Lipinski definition) is 0. The van der Waals surface area contributed by atoms with E-state index in [1.165, 1.54) is 5.57 Å². The molecule has 0 N–H and O–H groups in total. The topological polar surface area (TPSA) is 26.3 Å². The van der Waals surface area contributed by atoms with Crippen molar-refractivity contribution in [3.05, 3.63) is 21.3 Å². The molecular formula is C14H23IO2. The Balaban J connectivity index is 3.96. The summed E-state index contributed by atoms with van der Waals surface area (Å²) in [5, 5.41) is 0. The van der Waals surface area contributed by atoms with Gasteiger partial charge in [0.2, 0.25) is 0 Å². The molecule has 0 saturated carbocycles. The smallest absolute Gasteiger partial charge is 0.344 e. The molecule has 0 aromatic carbocycles. The molecule has 0 rings (SSSR count). The molecule has 0 aromatic heterocycles. The van der Waals surface area contributed by atoms with Gasteiger partial charge < -0.3 is 4.74 Å². The van der Waals surface area contributed by atoms with E-state index in [1.807, 2.05) is 35.6 Å². The summed E-state index contributed by atoms with van der Waals surface area (Å²) >= 11 is 2.05. The molecule has 0 fully saturated rings. The van der Waals surface area contributed by atoms with Gasteiger partial charge in [-0.3, -0.25) is 0 Å². The van der Waals surface area contributed by atoms with E-state index in [0.717, 1.165) is 19.3 Å². The maximum atomic E-state index is 11.4. The first-order chi connectivity index (χ1) is 7.97. The van der Waals surface area contributed by atoms with Gasteiger partial charge in [0.15, 0.2) is 0 Å². The van der Waals surface area contributed by atoms with Crippen LogP contribution in [0.5, 0.6) is 0 Å². The van der Waals surface area contributed by atoms with Crippen molar-refractivity contribution in [2.75, 3.05) is 6.61 Å². The van der Waals surface area contributed by atoms with Gasteiger partial charge >= 0.3 is 5.97 Å².